The van der Waals surface area contributed by atoms with Crippen LogP contribution in [0.4, 0.5) is 0 Å². The molecule has 0 spiro atoms. The smallest absolute Gasteiger partial charge is 0.341 e. The number of hydrogen-bond acceptors (Lipinski definition) is 6. The number of carboxylic acid groups (broad SMARTS) is 1. The fourth-order valence-corrected chi connectivity index (χ4v) is 3.25. The number of carbonyl (C=O) groups excluding carboxylic acids is 1. The van der Waals surface area contributed by atoms with E-state index in [0.29, 0.717) is 6.42 Å². The summed E-state index contributed by atoms with van der Waals surface area (Å²) in [4.78, 5) is 22.6. The molecule has 1 aromatic carbocycles. The van der Waals surface area contributed by atoms with Crippen molar-refractivity contribution in [2.24, 2.45) is 0 Å². The Morgan fingerprint density at radius 3 is 2.46 bits per heavy atom. The van der Waals surface area contributed by atoms with Gasteiger partial charge in [0.05, 0.1) is 19.1 Å². The molecule has 0 unspecified atom stereocenters. The molecule has 2 N–H and O–H groups in total. The van der Waals surface area contributed by atoms with E-state index in [4.69, 9.17) is 9.84 Å². The second kappa shape index (κ2) is 8.65. The zero-order valence-corrected chi connectivity index (χ0v) is 14.6. The topological polar surface area (TPSA) is 119 Å². The normalized spacial score (nSPS) is 12.5. The molecule has 24 heavy (non-hydrogen) atoms. The highest BCUT2D eigenvalue weighted by molar-refractivity contribution is 7.89. The summed E-state index contributed by atoms with van der Waals surface area (Å²) in [5, 5.41) is 9.15. The molecule has 0 aliphatic carbocycles. The number of esters is 1. The molecule has 0 saturated heterocycles. The highest BCUT2D eigenvalue weighted by Gasteiger charge is 2.26. The molecule has 1 aromatic rings. The van der Waals surface area contributed by atoms with E-state index in [2.05, 4.69) is 9.46 Å². The summed E-state index contributed by atoms with van der Waals surface area (Å²) >= 11 is 0. The Kier molecular flexibility index (Phi) is 7.18. The highest BCUT2D eigenvalue weighted by atomic mass is 32.2. The number of carbonyl (C=O) groups is 2. The summed E-state index contributed by atoms with van der Waals surface area (Å²) in [5.74, 6) is -1.90. The van der Waals surface area contributed by atoms with Crippen molar-refractivity contribution in [3.8, 4) is 5.75 Å². The molecule has 1 rings (SSSR count). The Morgan fingerprint density at radius 2 is 1.96 bits per heavy atom. The molecule has 0 radical (unpaired) electrons. The lowest BCUT2D eigenvalue weighted by Crippen LogP contribution is -2.40. The van der Waals surface area contributed by atoms with Gasteiger partial charge in [-0.1, -0.05) is 19.8 Å². The van der Waals surface area contributed by atoms with Gasteiger partial charge in [-0.2, -0.15) is 4.72 Å². The van der Waals surface area contributed by atoms with Crippen molar-refractivity contribution < 1.29 is 32.6 Å². The second-order valence-electron chi connectivity index (χ2n) is 5.01. The predicted molar refractivity (Wildman–Crippen MR) is 85.6 cm³/mol. The van der Waals surface area contributed by atoms with Crippen molar-refractivity contribution in [2.45, 2.75) is 37.1 Å². The van der Waals surface area contributed by atoms with Gasteiger partial charge in [0.2, 0.25) is 10.0 Å². The molecule has 0 aliphatic heterocycles. The van der Waals surface area contributed by atoms with Crippen LogP contribution in [-0.2, 0) is 19.6 Å². The van der Waals surface area contributed by atoms with Crippen LogP contribution in [0, 0.1) is 0 Å². The number of ether oxygens (including phenoxy) is 2. The van der Waals surface area contributed by atoms with Crippen LogP contribution in [0.25, 0.3) is 0 Å². The van der Waals surface area contributed by atoms with Crippen molar-refractivity contribution in [3.05, 3.63) is 23.8 Å². The van der Waals surface area contributed by atoms with Gasteiger partial charge in [0, 0.05) is 6.07 Å². The molecular formula is C15H21NO7S. The van der Waals surface area contributed by atoms with Gasteiger partial charge in [-0.05, 0) is 18.6 Å². The van der Waals surface area contributed by atoms with Crippen LogP contribution in [0.5, 0.6) is 5.75 Å². The maximum atomic E-state index is 12.4. The summed E-state index contributed by atoms with van der Waals surface area (Å²) in [6.07, 6.45) is 1.50. The molecule has 0 bridgehead atoms. The molecule has 9 heteroatoms. The molecular weight excluding hydrogens is 338 g/mol. The van der Waals surface area contributed by atoms with E-state index in [9.17, 15) is 18.0 Å². The van der Waals surface area contributed by atoms with E-state index in [1.165, 1.54) is 26.4 Å². The first-order valence-corrected chi connectivity index (χ1v) is 8.76. The highest BCUT2D eigenvalue weighted by Crippen LogP contribution is 2.24. The Balaban J connectivity index is 3.13. The molecule has 0 aromatic heterocycles. The second-order valence-corrected chi connectivity index (χ2v) is 6.72. The predicted octanol–water partition coefficient (Wildman–Crippen LogP) is 1.40. The van der Waals surface area contributed by atoms with Gasteiger partial charge in [-0.3, -0.25) is 4.79 Å². The fourth-order valence-electron chi connectivity index (χ4n) is 2.01. The third-order valence-corrected chi connectivity index (χ3v) is 4.80. The van der Waals surface area contributed by atoms with Crippen LogP contribution in [0.1, 0.15) is 36.5 Å². The minimum Gasteiger partial charge on any atom is -0.496 e. The summed E-state index contributed by atoms with van der Waals surface area (Å²) in [6, 6.07) is 2.37. The van der Waals surface area contributed by atoms with Crippen LogP contribution >= 0.6 is 0 Å². The molecule has 134 valence electrons. The van der Waals surface area contributed by atoms with E-state index in [0.717, 1.165) is 12.5 Å². The van der Waals surface area contributed by atoms with Gasteiger partial charge >= 0.3 is 11.9 Å². The molecule has 1 atom stereocenters. The molecule has 8 nitrogen and oxygen atoms in total. The van der Waals surface area contributed by atoms with Gasteiger partial charge in [0.15, 0.2) is 0 Å². The summed E-state index contributed by atoms with van der Waals surface area (Å²) in [6.45, 7) is 1.88. The number of methoxy groups -OCH3 is 2. The zero-order valence-electron chi connectivity index (χ0n) is 13.7. The van der Waals surface area contributed by atoms with Gasteiger partial charge in [0.1, 0.15) is 17.4 Å². The molecule has 0 fully saturated rings. The van der Waals surface area contributed by atoms with Crippen LogP contribution in [0.3, 0.4) is 0 Å². The fraction of sp³-hybridized carbons (Fsp3) is 0.467. The average Bonchev–Trinajstić information content (AvgIpc) is 2.56. The molecule has 0 saturated carbocycles. The largest absolute Gasteiger partial charge is 0.496 e. The van der Waals surface area contributed by atoms with E-state index < -0.39 is 28.0 Å². The lowest BCUT2D eigenvalue weighted by atomic mass is 10.1. The first-order chi connectivity index (χ1) is 11.3. The van der Waals surface area contributed by atoms with Gasteiger partial charge < -0.3 is 14.6 Å². The number of unbranched alkanes of at least 4 members (excludes halogenated alkanes) is 1. The number of rotatable bonds is 9. The number of aliphatic carboxylic acids is 1. The van der Waals surface area contributed by atoms with Crippen LogP contribution in [0.15, 0.2) is 23.1 Å². The Bertz CT molecular complexity index is 700. The van der Waals surface area contributed by atoms with Crippen molar-refractivity contribution in [1.82, 2.24) is 4.72 Å². The van der Waals surface area contributed by atoms with Crippen molar-refractivity contribution in [3.63, 3.8) is 0 Å². The van der Waals surface area contributed by atoms with Gasteiger partial charge in [0.25, 0.3) is 0 Å². The van der Waals surface area contributed by atoms with E-state index in [-0.39, 0.29) is 22.6 Å². The summed E-state index contributed by atoms with van der Waals surface area (Å²) in [5.41, 5.74) is 0.0692. The van der Waals surface area contributed by atoms with Crippen LogP contribution in [-0.4, -0.2) is 45.7 Å². The zero-order chi connectivity index (χ0) is 18.3. The lowest BCUT2D eigenvalue weighted by molar-refractivity contribution is -0.139. The maximum Gasteiger partial charge on any atom is 0.341 e. The Morgan fingerprint density at radius 1 is 1.29 bits per heavy atom. The summed E-state index contributed by atoms with van der Waals surface area (Å²) in [7, 11) is -1.60. The van der Waals surface area contributed by atoms with Gasteiger partial charge in [-0.15, -0.1) is 0 Å². The van der Waals surface area contributed by atoms with Crippen molar-refractivity contribution in [2.75, 3.05) is 14.2 Å². The Hall–Kier alpha value is -2.13. The minimum atomic E-state index is -4.08. The standard InChI is InChI=1S/C15H21NO7S/c1-4-5-6-12(14(17)18)16-24(20,21)10-7-8-11(15(19)23-3)13(9-10)22-2/h7-9,12,16H,4-6H2,1-3H3,(H,17,18)/t12-/m0/s1. The third-order valence-electron chi connectivity index (χ3n) is 3.33. The number of benzene rings is 1. The van der Waals surface area contributed by atoms with Crippen LogP contribution in [0.2, 0.25) is 0 Å². The van der Waals surface area contributed by atoms with E-state index >= 15 is 0 Å². The Labute approximate surface area is 140 Å². The molecule has 0 aliphatic rings. The number of hydrogen-bond donors (Lipinski definition) is 2. The number of nitrogens with one attached hydrogen (secondary N) is 1. The first-order valence-electron chi connectivity index (χ1n) is 7.28. The maximum absolute atomic E-state index is 12.4. The van der Waals surface area contributed by atoms with Crippen LogP contribution < -0.4 is 9.46 Å². The number of carboxylic acids is 1. The monoisotopic (exact) mass is 359 g/mol. The van der Waals surface area contributed by atoms with Gasteiger partial charge in [-0.25, -0.2) is 13.2 Å². The quantitative estimate of drug-likeness (QED) is 0.640. The third kappa shape index (κ3) is 4.93. The SMILES string of the molecule is CCCC[C@H](NS(=O)(=O)c1ccc(C(=O)OC)c(OC)c1)C(=O)O. The molecule has 0 heterocycles. The lowest BCUT2D eigenvalue weighted by Gasteiger charge is -2.15. The first kappa shape index (κ1) is 19.9. The summed E-state index contributed by atoms with van der Waals surface area (Å²) < 4.78 is 36.5. The minimum absolute atomic E-state index is 0.0187. The molecule has 0 amide bonds. The van der Waals surface area contributed by atoms with Crippen molar-refractivity contribution >= 4 is 22.0 Å². The average molecular weight is 359 g/mol. The van der Waals surface area contributed by atoms with Crippen molar-refractivity contribution in [1.29, 1.82) is 0 Å². The number of sulfonamides is 1. The van der Waals surface area contributed by atoms with E-state index in [1.54, 1.807) is 0 Å². The van der Waals surface area contributed by atoms with E-state index in [1.807, 2.05) is 6.92 Å².